The van der Waals surface area contributed by atoms with E-state index in [4.69, 9.17) is 11.6 Å². The number of halogens is 2. The maximum absolute atomic E-state index is 13.0. The molecular formula is C13H17ClFN. The second-order valence-corrected chi connectivity index (χ2v) is 4.95. The first-order chi connectivity index (χ1) is 7.70. The van der Waals surface area contributed by atoms with Crippen molar-refractivity contribution in [1.29, 1.82) is 0 Å². The van der Waals surface area contributed by atoms with E-state index >= 15 is 0 Å². The Labute approximate surface area is 101 Å². The highest BCUT2D eigenvalue weighted by Crippen LogP contribution is 2.31. The third kappa shape index (κ3) is 2.55. The van der Waals surface area contributed by atoms with Gasteiger partial charge in [0.1, 0.15) is 5.82 Å². The predicted molar refractivity (Wildman–Crippen MR) is 65.3 cm³/mol. The van der Waals surface area contributed by atoms with Crippen molar-refractivity contribution in [1.82, 2.24) is 5.32 Å². The van der Waals surface area contributed by atoms with E-state index < -0.39 is 0 Å². The molecule has 1 N–H and O–H groups in total. The molecule has 1 atom stereocenters. The van der Waals surface area contributed by atoms with Gasteiger partial charge in [-0.15, -0.1) is 0 Å². The van der Waals surface area contributed by atoms with Gasteiger partial charge in [0, 0.05) is 6.04 Å². The lowest BCUT2D eigenvalue weighted by Gasteiger charge is -2.33. The fraction of sp³-hybridized carbons (Fsp3) is 0.538. The van der Waals surface area contributed by atoms with Gasteiger partial charge in [-0.1, -0.05) is 24.1 Å². The molecular weight excluding hydrogens is 225 g/mol. The van der Waals surface area contributed by atoms with Crippen LogP contribution in [0, 0.1) is 11.7 Å². The van der Waals surface area contributed by atoms with Crippen molar-refractivity contribution in [3.05, 3.63) is 34.6 Å². The summed E-state index contributed by atoms with van der Waals surface area (Å²) in [5.74, 6) is 0.434. The van der Waals surface area contributed by atoms with Crippen molar-refractivity contribution in [2.75, 3.05) is 7.05 Å². The molecule has 88 valence electrons. The third-order valence-electron chi connectivity index (χ3n) is 3.53. The monoisotopic (exact) mass is 241 g/mol. The van der Waals surface area contributed by atoms with Crippen LogP contribution in [0.5, 0.6) is 0 Å². The molecule has 1 saturated carbocycles. The van der Waals surface area contributed by atoms with Gasteiger partial charge in [0.25, 0.3) is 0 Å². The van der Waals surface area contributed by atoms with Gasteiger partial charge in [0.2, 0.25) is 0 Å². The normalized spacial score (nSPS) is 18.2. The van der Waals surface area contributed by atoms with E-state index in [1.165, 1.54) is 25.3 Å². The molecule has 0 bridgehead atoms. The molecule has 0 heterocycles. The minimum Gasteiger partial charge on any atom is -0.316 e. The Kier molecular flexibility index (Phi) is 3.82. The first kappa shape index (κ1) is 11.9. The molecule has 1 aliphatic carbocycles. The smallest absolute Gasteiger partial charge is 0.141 e. The Morgan fingerprint density at radius 1 is 1.50 bits per heavy atom. The maximum Gasteiger partial charge on any atom is 0.141 e. The highest BCUT2D eigenvalue weighted by molar-refractivity contribution is 6.30. The number of likely N-dealkylation sites (N-methyl/N-ethyl adjacent to an activating group) is 1. The molecule has 1 aromatic rings. The van der Waals surface area contributed by atoms with Gasteiger partial charge >= 0.3 is 0 Å². The molecule has 0 aliphatic heterocycles. The van der Waals surface area contributed by atoms with Crippen LogP contribution < -0.4 is 5.32 Å². The average Bonchev–Trinajstić information content (AvgIpc) is 2.20. The summed E-state index contributed by atoms with van der Waals surface area (Å²) in [6.45, 7) is 0. The molecule has 0 spiro atoms. The minimum absolute atomic E-state index is 0.223. The van der Waals surface area contributed by atoms with Gasteiger partial charge in [-0.3, -0.25) is 0 Å². The molecule has 0 saturated heterocycles. The van der Waals surface area contributed by atoms with E-state index in [1.54, 1.807) is 6.07 Å². The molecule has 1 aromatic carbocycles. The fourth-order valence-electron chi connectivity index (χ4n) is 2.27. The van der Waals surface area contributed by atoms with Crippen molar-refractivity contribution < 1.29 is 4.39 Å². The van der Waals surface area contributed by atoms with E-state index in [0.717, 1.165) is 17.9 Å². The lowest BCUT2D eigenvalue weighted by molar-refractivity contribution is 0.236. The van der Waals surface area contributed by atoms with Crippen molar-refractivity contribution in [3.63, 3.8) is 0 Å². The average molecular weight is 242 g/mol. The van der Waals surface area contributed by atoms with Crippen LogP contribution >= 0.6 is 11.6 Å². The summed E-state index contributed by atoms with van der Waals surface area (Å²) < 4.78 is 13.0. The van der Waals surface area contributed by atoms with Gasteiger partial charge in [-0.2, -0.15) is 0 Å². The molecule has 3 heteroatoms. The zero-order valence-corrected chi connectivity index (χ0v) is 10.2. The summed E-state index contributed by atoms with van der Waals surface area (Å²) in [6, 6.07) is 5.50. The van der Waals surface area contributed by atoms with Crippen LogP contribution in [-0.4, -0.2) is 13.1 Å². The standard InChI is InChI=1S/C13H17ClFN/c1-16-13(10-3-2-4-10)8-9-5-6-12(15)11(14)7-9/h5-7,10,13,16H,2-4,8H2,1H3. The zero-order valence-electron chi connectivity index (χ0n) is 9.47. The van der Waals surface area contributed by atoms with Gasteiger partial charge in [0.15, 0.2) is 0 Å². The van der Waals surface area contributed by atoms with Crippen LogP contribution in [0.2, 0.25) is 5.02 Å². The van der Waals surface area contributed by atoms with Crippen LogP contribution in [0.4, 0.5) is 4.39 Å². The van der Waals surface area contributed by atoms with Crippen molar-refractivity contribution in [3.8, 4) is 0 Å². The molecule has 0 aromatic heterocycles. The Balaban J connectivity index is 2.03. The van der Waals surface area contributed by atoms with Gasteiger partial charge in [0.05, 0.1) is 5.02 Å². The molecule has 0 radical (unpaired) electrons. The minimum atomic E-state index is -0.338. The van der Waals surface area contributed by atoms with Gasteiger partial charge in [-0.05, 0) is 49.9 Å². The summed E-state index contributed by atoms with van der Waals surface area (Å²) in [4.78, 5) is 0. The number of hydrogen-bond acceptors (Lipinski definition) is 1. The molecule has 1 nitrogen and oxygen atoms in total. The molecule has 0 amide bonds. The Morgan fingerprint density at radius 3 is 2.75 bits per heavy atom. The molecule has 1 aliphatic rings. The van der Waals surface area contributed by atoms with Crippen LogP contribution in [0.3, 0.4) is 0 Å². The van der Waals surface area contributed by atoms with E-state index in [9.17, 15) is 4.39 Å². The Morgan fingerprint density at radius 2 is 2.25 bits per heavy atom. The summed E-state index contributed by atoms with van der Waals surface area (Å²) in [6.07, 6.45) is 4.88. The van der Waals surface area contributed by atoms with E-state index in [-0.39, 0.29) is 10.8 Å². The zero-order chi connectivity index (χ0) is 11.5. The highest BCUT2D eigenvalue weighted by atomic mass is 35.5. The molecule has 1 unspecified atom stereocenters. The third-order valence-corrected chi connectivity index (χ3v) is 3.82. The van der Waals surface area contributed by atoms with Crippen molar-refractivity contribution in [2.24, 2.45) is 5.92 Å². The molecule has 16 heavy (non-hydrogen) atoms. The highest BCUT2D eigenvalue weighted by Gasteiger charge is 2.26. The Hall–Kier alpha value is -0.600. The molecule has 1 fully saturated rings. The van der Waals surface area contributed by atoms with Crippen molar-refractivity contribution in [2.45, 2.75) is 31.7 Å². The maximum atomic E-state index is 13.0. The van der Waals surface area contributed by atoms with E-state index in [1.807, 2.05) is 13.1 Å². The topological polar surface area (TPSA) is 12.0 Å². The second-order valence-electron chi connectivity index (χ2n) is 4.54. The second kappa shape index (κ2) is 5.15. The summed E-state index contributed by atoms with van der Waals surface area (Å²) in [7, 11) is 1.99. The number of benzene rings is 1. The number of hydrogen-bond donors (Lipinski definition) is 1. The van der Waals surface area contributed by atoms with Gasteiger partial charge in [-0.25, -0.2) is 4.39 Å². The lowest BCUT2D eigenvalue weighted by Crippen LogP contribution is -2.39. The SMILES string of the molecule is CNC(Cc1ccc(F)c(Cl)c1)C1CCC1. The largest absolute Gasteiger partial charge is 0.316 e. The van der Waals surface area contributed by atoms with E-state index in [2.05, 4.69) is 5.32 Å². The number of nitrogens with one attached hydrogen (secondary N) is 1. The summed E-state index contributed by atoms with van der Waals surface area (Å²) in [5.41, 5.74) is 1.11. The lowest BCUT2D eigenvalue weighted by atomic mass is 9.78. The number of rotatable bonds is 4. The first-order valence-electron chi connectivity index (χ1n) is 5.82. The Bertz CT molecular complexity index is 363. The van der Waals surface area contributed by atoms with Gasteiger partial charge < -0.3 is 5.32 Å². The fourth-order valence-corrected chi connectivity index (χ4v) is 2.47. The quantitative estimate of drug-likeness (QED) is 0.852. The van der Waals surface area contributed by atoms with Crippen LogP contribution in [0.15, 0.2) is 18.2 Å². The molecule has 2 rings (SSSR count). The van der Waals surface area contributed by atoms with Crippen LogP contribution in [-0.2, 0) is 6.42 Å². The summed E-state index contributed by atoms with van der Waals surface area (Å²) in [5, 5.41) is 3.57. The van der Waals surface area contributed by atoms with Crippen LogP contribution in [0.25, 0.3) is 0 Å². The van der Waals surface area contributed by atoms with Crippen molar-refractivity contribution >= 4 is 11.6 Å². The predicted octanol–water partition coefficient (Wildman–Crippen LogP) is 3.41. The van der Waals surface area contributed by atoms with E-state index in [0.29, 0.717) is 6.04 Å². The summed E-state index contributed by atoms with van der Waals surface area (Å²) >= 11 is 5.77. The first-order valence-corrected chi connectivity index (χ1v) is 6.19. The van der Waals surface area contributed by atoms with Crippen LogP contribution in [0.1, 0.15) is 24.8 Å².